The molecule has 0 unspecified atom stereocenters. The highest BCUT2D eigenvalue weighted by Gasteiger charge is 2.28. The predicted octanol–water partition coefficient (Wildman–Crippen LogP) is 1.59. The maximum atomic E-state index is 12.5. The number of phenolic OH excluding ortho intramolecular Hbond substituents is 1. The molecule has 2 aromatic rings. The quantitative estimate of drug-likeness (QED) is 0.792. The Morgan fingerprint density at radius 1 is 1.19 bits per heavy atom. The molecule has 138 valence electrons. The number of carbonyl (C=O) groups is 1. The summed E-state index contributed by atoms with van der Waals surface area (Å²) in [6.07, 6.45) is 1.89. The van der Waals surface area contributed by atoms with Crippen molar-refractivity contribution in [3.63, 3.8) is 0 Å². The van der Waals surface area contributed by atoms with Crippen LogP contribution in [0.4, 0.5) is 0 Å². The fraction of sp³-hybridized carbons (Fsp3) is 0.500. The second-order valence-corrected chi connectivity index (χ2v) is 7.79. The maximum Gasteiger partial charge on any atom is 0.232 e. The van der Waals surface area contributed by atoms with E-state index in [9.17, 15) is 9.90 Å². The van der Waals surface area contributed by atoms with Crippen molar-refractivity contribution < 1.29 is 9.90 Å². The molecular weight excluding hydrogens is 350 g/mol. The van der Waals surface area contributed by atoms with E-state index in [4.69, 9.17) is 0 Å². The summed E-state index contributed by atoms with van der Waals surface area (Å²) >= 11 is 1.51. The van der Waals surface area contributed by atoms with E-state index in [-0.39, 0.29) is 11.7 Å². The summed E-state index contributed by atoms with van der Waals surface area (Å²) in [4.78, 5) is 15.4. The Labute approximate surface area is 156 Å². The Morgan fingerprint density at radius 3 is 2.73 bits per heavy atom. The van der Waals surface area contributed by atoms with E-state index >= 15 is 0 Å². The Hall–Kier alpha value is -2.06. The van der Waals surface area contributed by atoms with Crippen LogP contribution in [0.25, 0.3) is 0 Å². The third-order valence-corrected chi connectivity index (χ3v) is 6.06. The Kier molecular flexibility index (Phi) is 5.12. The number of aromatic hydroxyl groups is 1. The molecule has 8 heteroatoms. The van der Waals surface area contributed by atoms with Crippen molar-refractivity contribution in [3.05, 3.63) is 35.9 Å². The van der Waals surface area contributed by atoms with Crippen molar-refractivity contribution in [2.75, 3.05) is 25.4 Å². The molecule has 1 aromatic carbocycles. The molecule has 0 spiro atoms. The number of nitrogens with zero attached hydrogens (tertiary/aromatic N) is 4. The molecule has 4 rings (SSSR count). The zero-order chi connectivity index (χ0) is 17.9. The number of likely N-dealkylation sites (tertiary alicyclic amines) is 1. The molecule has 0 radical (unpaired) electrons. The Balaban J connectivity index is 1.30. The van der Waals surface area contributed by atoms with Gasteiger partial charge in [-0.05, 0) is 37.1 Å². The molecule has 0 aliphatic carbocycles. The molecule has 3 heterocycles. The minimum atomic E-state index is 0.175. The standard InChI is InChI=1S/C18H23N5O2S/c24-14-1-3-15(4-2-14)26-12-17(25)22-8-5-13(6-9-22)18-21-20-16-11-19-7-10-23(16)18/h1-4,13,19,24H,5-12H2. The third kappa shape index (κ3) is 3.71. The molecule has 7 nitrogen and oxygen atoms in total. The molecule has 2 aliphatic heterocycles. The van der Waals surface area contributed by atoms with Gasteiger partial charge in [0.1, 0.15) is 17.4 Å². The number of nitrogens with one attached hydrogen (secondary N) is 1. The van der Waals surface area contributed by atoms with Gasteiger partial charge < -0.3 is 19.9 Å². The van der Waals surface area contributed by atoms with Crippen LogP contribution in [0.2, 0.25) is 0 Å². The van der Waals surface area contributed by atoms with Gasteiger partial charge in [-0.2, -0.15) is 0 Å². The number of amides is 1. The molecule has 1 amide bonds. The van der Waals surface area contributed by atoms with Gasteiger partial charge in [-0.15, -0.1) is 22.0 Å². The molecule has 0 bridgehead atoms. The molecule has 26 heavy (non-hydrogen) atoms. The smallest absolute Gasteiger partial charge is 0.232 e. The highest BCUT2D eigenvalue weighted by molar-refractivity contribution is 8.00. The molecule has 0 atom stereocenters. The van der Waals surface area contributed by atoms with E-state index in [1.807, 2.05) is 17.0 Å². The topological polar surface area (TPSA) is 83.3 Å². The SMILES string of the molecule is O=C(CSc1ccc(O)cc1)N1CCC(c2nnc3n2CCNC3)CC1. The number of carbonyl (C=O) groups excluding carboxylic acids is 1. The van der Waals surface area contributed by atoms with E-state index < -0.39 is 0 Å². The van der Waals surface area contributed by atoms with Crippen LogP contribution in [-0.4, -0.2) is 56.1 Å². The van der Waals surface area contributed by atoms with Gasteiger partial charge in [0.05, 0.1) is 12.3 Å². The summed E-state index contributed by atoms with van der Waals surface area (Å²) in [5.74, 6) is 3.36. The van der Waals surface area contributed by atoms with Crippen molar-refractivity contribution in [1.29, 1.82) is 0 Å². The summed E-state index contributed by atoms with van der Waals surface area (Å²) in [7, 11) is 0. The summed E-state index contributed by atoms with van der Waals surface area (Å²) < 4.78 is 2.25. The average molecular weight is 373 g/mol. The maximum absolute atomic E-state index is 12.5. The Morgan fingerprint density at radius 2 is 1.96 bits per heavy atom. The first-order valence-electron chi connectivity index (χ1n) is 9.03. The van der Waals surface area contributed by atoms with Crippen LogP contribution in [0.3, 0.4) is 0 Å². The van der Waals surface area contributed by atoms with Gasteiger partial charge in [0.25, 0.3) is 0 Å². The fourth-order valence-corrected chi connectivity index (χ4v) is 4.38. The predicted molar refractivity (Wildman–Crippen MR) is 99.1 cm³/mol. The van der Waals surface area contributed by atoms with E-state index in [0.29, 0.717) is 11.7 Å². The van der Waals surface area contributed by atoms with Crippen molar-refractivity contribution >= 4 is 17.7 Å². The number of thioether (sulfide) groups is 1. The fourth-order valence-electron chi connectivity index (χ4n) is 3.58. The summed E-state index contributed by atoms with van der Waals surface area (Å²) in [6, 6.07) is 6.96. The van der Waals surface area contributed by atoms with Crippen LogP contribution >= 0.6 is 11.8 Å². The zero-order valence-corrected chi connectivity index (χ0v) is 15.4. The first-order valence-corrected chi connectivity index (χ1v) is 10.0. The molecule has 1 aromatic heterocycles. The normalized spacial score (nSPS) is 17.9. The van der Waals surface area contributed by atoms with E-state index in [1.54, 1.807) is 12.1 Å². The largest absolute Gasteiger partial charge is 0.508 e. The third-order valence-electron chi connectivity index (χ3n) is 5.06. The molecule has 2 N–H and O–H groups in total. The first-order chi connectivity index (χ1) is 12.7. The van der Waals surface area contributed by atoms with Crippen molar-refractivity contribution in [1.82, 2.24) is 25.0 Å². The van der Waals surface area contributed by atoms with Gasteiger partial charge in [-0.3, -0.25) is 4.79 Å². The van der Waals surface area contributed by atoms with Crippen LogP contribution in [-0.2, 0) is 17.9 Å². The van der Waals surface area contributed by atoms with Crippen LogP contribution < -0.4 is 5.32 Å². The Bertz CT molecular complexity index is 768. The lowest BCUT2D eigenvalue weighted by Gasteiger charge is -2.32. The van der Waals surface area contributed by atoms with Crippen molar-refractivity contribution in [2.24, 2.45) is 0 Å². The van der Waals surface area contributed by atoms with E-state index in [2.05, 4.69) is 20.1 Å². The number of fused-ring (bicyclic) bond motifs is 1. The van der Waals surface area contributed by atoms with Gasteiger partial charge in [0, 0.05) is 37.0 Å². The molecular formula is C18H23N5O2S. The lowest BCUT2D eigenvalue weighted by molar-refractivity contribution is -0.129. The highest BCUT2D eigenvalue weighted by Crippen LogP contribution is 2.28. The highest BCUT2D eigenvalue weighted by atomic mass is 32.2. The molecule has 1 saturated heterocycles. The van der Waals surface area contributed by atoms with E-state index in [0.717, 1.165) is 62.1 Å². The van der Waals surface area contributed by atoms with Crippen LogP contribution in [0.1, 0.15) is 30.4 Å². The minimum absolute atomic E-state index is 0.175. The van der Waals surface area contributed by atoms with Crippen LogP contribution in [0, 0.1) is 0 Å². The number of hydrogen-bond donors (Lipinski definition) is 2. The summed E-state index contributed by atoms with van der Waals surface area (Å²) in [6.45, 7) is 4.24. The van der Waals surface area contributed by atoms with Crippen molar-refractivity contribution in [3.8, 4) is 5.75 Å². The lowest BCUT2D eigenvalue weighted by Crippen LogP contribution is -2.39. The van der Waals surface area contributed by atoms with Gasteiger partial charge >= 0.3 is 0 Å². The minimum Gasteiger partial charge on any atom is -0.508 e. The number of rotatable bonds is 4. The van der Waals surface area contributed by atoms with Gasteiger partial charge in [-0.25, -0.2) is 0 Å². The van der Waals surface area contributed by atoms with Crippen molar-refractivity contribution in [2.45, 2.75) is 36.7 Å². The zero-order valence-electron chi connectivity index (χ0n) is 14.6. The van der Waals surface area contributed by atoms with Crippen LogP contribution in [0.5, 0.6) is 5.75 Å². The van der Waals surface area contributed by atoms with Crippen LogP contribution in [0.15, 0.2) is 29.2 Å². The first kappa shape index (κ1) is 17.4. The average Bonchev–Trinajstić information content (AvgIpc) is 3.11. The van der Waals surface area contributed by atoms with Gasteiger partial charge in [-0.1, -0.05) is 0 Å². The van der Waals surface area contributed by atoms with Gasteiger partial charge in [0.15, 0.2) is 0 Å². The van der Waals surface area contributed by atoms with Gasteiger partial charge in [0.2, 0.25) is 5.91 Å². The van der Waals surface area contributed by atoms with E-state index in [1.165, 1.54) is 11.8 Å². The number of piperidine rings is 1. The number of benzene rings is 1. The second-order valence-electron chi connectivity index (χ2n) is 6.74. The summed E-state index contributed by atoms with van der Waals surface area (Å²) in [5.41, 5.74) is 0. The number of phenols is 1. The molecule has 2 aliphatic rings. The molecule has 1 fully saturated rings. The summed E-state index contributed by atoms with van der Waals surface area (Å²) in [5, 5.41) is 21.4. The number of aromatic nitrogens is 3. The molecule has 0 saturated carbocycles. The second kappa shape index (κ2) is 7.67. The lowest BCUT2D eigenvalue weighted by atomic mass is 9.95. The monoisotopic (exact) mass is 373 g/mol. The number of hydrogen-bond acceptors (Lipinski definition) is 6.